The summed E-state index contributed by atoms with van der Waals surface area (Å²) in [5.41, 5.74) is 0. The first-order valence-corrected chi connectivity index (χ1v) is 5.08. The Kier molecular flexibility index (Phi) is 5.82. The zero-order chi connectivity index (χ0) is 9.02. The molecule has 0 spiro atoms. The van der Waals surface area contributed by atoms with Crippen molar-refractivity contribution in [2.75, 3.05) is 0 Å². The van der Waals surface area contributed by atoms with E-state index in [2.05, 4.69) is 29.2 Å². The number of thiocarbonyl (C=S) groups is 2. The van der Waals surface area contributed by atoms with Crippen LogP contribution in [0.4, 0.5) is 0 Å². The van der Waals surface area contributed by atoms with Gasteiger partial charge in [0.15, 0.2) is 5.74 Å². The predicted molar refractivity (Wildman–Crippen MR) is 64.3 cm³/mol. The van der Waals surface area contributed by atoms with Crippen LogP contribution in [0.25, 0.3) is 0 Å². The number of rotatable bonds is 2. The van der Waals surface area contributed by atoms with Crippen LogP contribution in [0.1, 0.15) is 0 Å². The minimum Gasteiger partial charge on any atom is -0.384 e. The largest absolute Gasteiger partial charge is 0.384 e. The Morgan fingerprint density at radius 3 is 1.45 bits per heavy atom. The van der Waals surface area contributed by atoms with E-state index in [1.54, 1.807) is 45.2 Å². The molecule has 11 heavy (non-hydrogen) atoms. The van der Waals surface area contributed by atoms with Gasteiger partial charge in [-0.1, -0.05) is 24.4 Å². The smallest absolute Gasteiger partial charge is 0.363 e. The van der Waals surface area contributed by atoms with E-state index in [0.29, 0.717) is 0 Å². The number of hydrogen-bond donors (Lipinski definition) is 0. The fraction of sp³-hybridized carbons (Fsp3) is 0. The van der Waals surface area contributed by atoms with Crippen molar-refractivity contribution in [3.8, 4) is 0 Å². The molecule has 0 heterocycles. The Morgan fingerprint density at radius 1 is 1.00 bits per heavy atom. The van der Waals surface area contributed by atoms with Crippen LogP contribution in [0.3, 0.4) is 0 Å². The summed E-state index contributed by atoms with van der Waals surface area (Å²) < 4.78 is 4.15. The first kappa shape index (κ1) is 11.8. The van der Waals surface area contributed by atoms with E-state index in [4.69, 9.17) is 0 Å². The van der Waals surface area contributed by atoms with Crippen molar-refractivity contribution in [1.82, 2.24) is 0 Å². The molecule has 7 heteroatoms. The third-order valence-electron chi connectivity index (χ3n) is 0.506. The molecule has 0 saturated carbocycles. The molecule has 0 saturated heterocycles. The molecule has 3 nitrogen and oxygen atoms in total. The summed E-state index contributed by atoms with van der Waals surface area (Å²) in [6.07, 6.45) is 0. The molecular weight excluding hydrogens is 414 g/mol. The highest BCUT2D eigenvalue weighted by molar-refractivity contribution is 14.1. The second kappa shape index (κ2) is 5.43. The molecule has 0 N–H and O–H groups in total. The average molecular weight is 414 g/mol. The van der Waals surface area contributed by atoms with Gasteiger partial charge < -0.3 is 4.74 Å². The van der Waals surface area contributed by atoms with Gasteiger partial charge in [-0.2, -0.15) is 0 Å². The molecule has 0 aliphatic rings. The van der Waals surface area contributed by atoms with E-state index < -0.39 is 11.9 Å². The van der Waals surface area contributed by atoms with E-state index in [-0.39, 0.29) is 5.74 Å². The number of carbonyl (C=O) groups is 2. The third kappa shape index (κ3) is 5.09. The maximum absolute atomic E-state index is 10.6. The van der Waals surface area contributed by atoms with Crippen LogP contribution in [0.2, 0.25) is 0 Å². The lowest BCUT2D eigenvalue weighted by Crippen LogP contribution is -2.18. The molecule has 0 aliphatic carbocycles. The fourth-order valence-corrected chi connectivity index (χ4v) is 0.468. The highest BCUT2D eigenvalue weighted by Crippen LogP contribution is 1.98. The van der Waals surface area contributed by atoms with Crippen LogP contribution < -0.4 is 0 Å². The van der Waals surface area contributed by atoms with Crippen molar-refractivity contribution < 1.29 is 14.3 Å². The number of esters is 2. The molecule has 0 bridgehead atoms. The minimum absolute atomic E-state index is 0.0244. The molecule has 0 aromatic rings. The van der Waals surface area contributed by atoms with E-state index in [1.807, 2.05) is 0 Å². The fourth-order valence-electron chi connectivity index (χ4n) is 0.164. The standard InChI is InChI=1S/C4I2O3S2/c5-1(10)3(7)9-4(8)2(6)11. The maximum atomic E-state index is 10.6. The Balaban J connectivity index is 4.07. The molecule has 0 atom stereocenters. The van der Waals surface area contributed by atoms with Crippen LogP contribution in [0.15, 0.2) is 0 Å². The second-order valence-electron chi connectivity index (χ2n) is 1.22. The molecule has 60 valence electrons. The van der Waals surface area contributed by atoms with Crippen LogP contribution in [-0.4, -0.2) is 17.7 Å². The summed E-state index contributed by atoms with van der Waals surface area (Å²) in [7, 11) is 0. The Hall–Kier alpha value is 0.780. The predicted octanol–water partition coefficient (Wildman–Crippen LogP) is 1.58. The number of hydrogen-bond acceptors (Lipinski definition) is 5. The summed E-state index contributed by atoms with van der Waals surface area (Å²) in [5.74, 6) is -1.66. The Bertz CT molecular complexity index is 213. The summed E-state index contributed by atoms with van der Waals surface area (Å²) in [6, 6.07) is 0. The summed E-state index contributed by atoms with van der Waals surface area (Å²) >= 11 is 12.0. The van der Waals surface area contributed by atoms with Crippen molar-refractivity contribution in [2.45, 2.75) is 0 Å². The maximum Gasteiger partial charge on any atom is 0.363 e. The van der Waals surface area contributed by atoms with Crippen LogP contribution in [0, 0.1) is 0 Å². The second-order valence-corrected chi connectivity index (χ2v) is 5.66. The van der Waals surface area contributed by atoms with Crippen molar-refractivity contribution >= 4 is 87.3 Å². The first-order valence-electron chi connectivity index (χ1n) is 2.10. The number of halogens is 2. The topological polar surface area (TPSA) is 43.4 Å². The zero-order valence-electron chi connectivity index (χ0n) is 4.80. The van der Waals surface area contributed by atoms with Crippen LogP contribution >= 0.6 is 69.6 Å². The van der Waals surface area contributed by atoms with Crippen molar-refractivity contribution in [3.05, 3.63) is 0 Å². The SMILES string of the molecule is O=C(OC(=O)C(=S)I)C(=S)I. The Labute approximate surface area is 101 Å². The van der Waals surface area contributed by atoms with Gasteiger partial charge in [-0.15, -0.1) is 0 Å². The zero-order valence-corrected chi connectivity index (χ0v) is 10.7. The molecule has 0 aliphatic heterocycles. The number of ether oxygens (including phenoxy) is 1. The van der Waals surface area contributed by atoms with Crippen LogP contribution in [0.5, 0.6) is 0 Å². The molecule has 0 radical (unpaired) electrons. The van der Waals surface area contributed by atoms with Crippen molar-refractivity contribution in [2.24, 2.45) is 0 Å². The van der Waals surface area contributed by atoms with E-state index in [9.17, 15) is 9.59 Å². The Morgan fingerprint density at radius 2 is 1.27 bits per heavy atom. The van der Waals surface area contributed by atoms with Gasteiger partial charge in [0.1, 0.15) is 0 Å². The highest BCUT2D eigenvalue weighted by Gasteiger charge is 2.15. The summed E-state index contributed by atoms with van der Waals surface area (Å²) in [5, 5.41) is 0. The third-order valence-corrected chi connectivity index (χ3v) is 1.72. The molecule has 0 unspecified atom stereocenters. The van der Waals surface area contributed by atoms with E-state index >= 15 is 0 Å². The first-order chi connectivity index (χ1) is 4.95. The molecular formula is C4I2O3S2. The van der Waals surface area contributed by atoms with Gasteiger partial charge in [-0.3, -0.25) is 0 Å². The highest BCUT2D eigenvalue weighted by atomic mass is 127. The normalized spacial score (nSPS) is 8.55. The molecule has 0 aromatic carbocycles. The van der Waals surface area contributed by atoms with Gasteiger partial charge in [-0.05, 0) is 45.2 Å². The van der Waals surface area contributed by atoms with Crippen molar-refractivity contribution in [1.29, 1.82) is 0 Å². The molecule has 0 amide bonds. The summed E-state index contributed by atoms with van der Waals surface area (Å²) in [4.78, 5) is 21.2. The van der Waals surface area contributed by atoms with E-state index in [1.165, 1.54) is 0 Å². The van der Waals surface area contributed by atoms with E-state index in [0.717, 1.165) is 0 Å². The lowest BCUT2D eigenvalue weighted by molar-refractivity contribution is -0.148. The monoisotopic (exact) mass is 414 g/mol. The molecule has 0 fully saturated rings. The lowest BCUT2D eigenvalue weighted by Gasteiger charge is -1.95. The molecule has 0 aromatic heterocycles. The van der Waals surface area contributed by atoms with Gasteiger partial charge in [0, 0.05) is 0 Å². The average Bonchev–Trinajstić information content (AvgIpc) is 1.87. The van der Waals surface area contributed by atoms with Gasteiger partial charge in [0.05, 0.1) is 0 Å². The quantitative estimate of drug-likeness (QED) is 0.226. The minimum atomic E-state index is -0.829. The van der Waals surface area contributed by atoms with Gasteiger partial charge in [0.2, 0.25) is 0 Å². The lowest BCUT2D eigenvalue weighted by atomic mass is 10.7. The number of carbonyl (C=O) groups excluding carboxylic acids is 2. The summed E-state index contributed by atoms with van der Waals surface area (Å²) in [6.45, 7) is 0. The van der Waals surface area contributed by atoms with Gasteiger partial charge in [0.25, 0.3) is 0 Å². The molecule has 0 rings (SSSR count). The van der Waals surface area contributed by atoms with Crippen LogP contribution in [-0.2, 0) is 14.3 Å². The van der Waals surface area contributed by atoms with Gasteiger partial charge in [-0.25, -0.2) is 9.59 Å². The van der Waals surface area contributed by atoms with Crippen molar-refractivity contribution in [3.63, 3.8) is 0 Å². The van der Waals surface area contributed by atoms with Gasteiger partial charge >= 0.3 is 11.9 Å².